The van der Waals surface area contributed by atoms with Crippen LogP contribution in [-0.4, -0.2) is 26.3 Å². The molecule has 0 bridgehead atoms. The lowest BCUT2D eigenvalue weighted by Gasteiger charge is -2.11. The maximum absolute atomic E-state index is 4.65. The molecule has 5 nitrogen and oxygen atoms in total. The molecule has 0 spiro atoms. The summed E-state index contributed by atoms with van der Waals surface area (Å²) in [4.78, 5) is 9.26. The van der Waals surface area contributed by atoms with E-state index >= 15 is 0 Å². The molecule has 2 aromatic rings. The average molecular weight is 259 g/mol. The fraction of sp³-hybridized carbons (Fsp3) is 0.500. The molecule has 0 aliphatic rings. The van der Waals surface area contributed by atoms with Gasteiger partial charge in [-0.25, -0.2) is 9.97 Å². The normalized spacial score (nSPS) is 10.7. The first kappa shape index (κ1) is 13.5. The van der Waals surface area contributed by atoms with Crippen molar-refractivity contribution in [3.63, 3.8) is 0 Å². The van der Waals surface area contributed by atoms with Crippen LogP contribution >= 0.6 is 0 Å². The van der Waals surface area contributed by atoms with Gasteiger partial charge in [0, 0.05) is 30.5 Å². The van der Waals surface area contributed by atoms with E-state index in [4.69, 9.17) is 0 Å². The Balaban J connectivity index is 2.47. The maximum atomic E-state index is 4.65. The molecular formula is C14H21N5. The van der Waals surface area contributed by atoms with Crippen LogP contribution in [0.2, 0.25) is 0 Å². The first-order valence-electron chi connectivity index (χ1n) is 6.83. The molecule has 0 saturated carbocycles. The summed E-state index contributed by atoms with van der Waals surface area (Å²) < 4.78 is 1.89. The van der Waals surface area contributed by atoms with E-state index in [-0.39, 0.29) is 0 Å². The first-order chi connectivity index (χ1) is 9.19. The molecule has 0 unspecified atom stereocenters. The third-order valence-electron chi connectivity index (χ3n) is 3.14. The maximum Gasteiger partial charge on any atom is 0.164 e. The van der Waals surface area contributed by atoms with Crippen molar-refractivity contribution in [1.82, 2.24) is 19.7 Å². The Hall–Kier alpha value is -1.91. The fourth-order valence-corrected chi connectivity index (χ4v) is 2.03. The van der Waals surface area contributed by atoms with Gasteiger partial charge in [-0.05, 0) is 27.2 Å². The smallest absolute Gasteiger partial charge is 0.164 e. The topological polar surface area (TPSA) is 55.6 Å². The molecule has 2 rings (SSSR count). The number of hydrogen-bond donors (Lipinski definition) is 1. The number of aromatic nitrogens is 4. The van der Waals surface area contributed by atoms with Crippen LogP contribution in [0.4, 0.5) is 5.82 Å². The summed E-state index contributed by atoms with van der Waals surface area (Å²) in [7, 11) is 0. The molecule has 1 N–H and O–H groups in total. The van der Waals surface area contributed by atoms with Crippen molar-refractivity contribution in [3.8, 4) is 11.4 Å². The summed E-state index contributed by atoms with van der Waals surface area (Å²) in [5.74, 6) is 1.67. The van der Waals surface area contributed by atoms with Crippen LogP contribution in [0.3, 0.4) is 0 Å². The van der Waals surface area contributed by atoms with E-state index in [1.165, 1.54) is 0 Å². The highest BCUT2D eigenvalue weighted by molar-refractivity contribution is 5.58. The summed E-state index contributed by atoms with van der Waals surface area (Å²) in [5.41, 5.74) is 3.19. The van der Waals surface area contributed by atoms with Gasteiger partial charge in [-0.3, -0.25) is 4.68 Å². The van der Waals surface area contributed by atoms with E-state index in [1.54, 1.807) is 0 Å². The van der Waals surface area contributed by atoms with Crippen molar-refractivity contribution in [2.24, 2.45) is 0 Å². The van der Waals surface area contributed by atoms with Crippen molar-refractivity contribution in [2.45, 2.75) is 40.7 Å². The van der Waals surface area contributed by atoms with Gasteiger partial charge in [0.05, 0.1) is 11.8 Å². The predicted molar refractivity (Wildman–Crippen MR) is 77.2 cm³/mol. The highest BCUT2D eigenvalue weighted by atomic mass is 15.3. The van der Waals surface area contributed by atoms with Crippen molar-refractivity contribution >= 4 is 5.82 Å². The van der Waals surface area contributed by atoms with Gasteiger partial charge < -0.3 is 5.32 Å². The van der Waals surface area contributed by atoms with Gasteiger partial charge in [-0.1, -0.05) is 6.92 Å². The van der Waals surface area contributed by atoms with Gasteiger partial charge in [0.15, 0.2) is 5.82 Å². The van der Waals surface area contributed by atoms with Crippen LogP contribution in [0.5, 0.6) is 0 Å². The molecule has 0 aliphatic carbocycles. The van der Waals surface area contributed by atoms with E-state index < -0.39 is 0 Å². The van der Waals surface area contributed by atoms with Gasteiger partial charge in [-0.15, -0.1) is 0 Å². The van der Waals surface area contributed by atoms with Gasteiger partial charge in [0.25, 0.3) is 0 Å². The first-order valence-corrected chi connectivity index (χ1v) is 6.83. The molecule has 0 aromatic carbocycles. The second kappa shape index (κ2) is 5.82. The Kier molecular flexibility index (Phi) is 4.14. The number of aryl methyl sites for hydroxylation is 2. The Morgan fingerprint density at radius 1 is 1.21 bits per heavy atom. The third-order valence-corrected chi connectivity index (χ3v) is 3.14. The van der Waals surface area contributed by atoms with Crippen molar-refractivity contribution < 1.29 is 0 Å². The van der Waals surface area contributed by atoms with E-state index in [1.807, 2.05) is 17.1 Å². The van der Waals surface area contributed by atoms with Crippen molar-refractivity contribution in [3.05, 3.63) is 23.7 Å². The van der Waals surface area contributed by atoms with Crippen LogP contribution in [0, 0.1) is 6.92 Å². The molecular weight excluding hydrogens is 238 g/mol. The number of nitrogens with zero attached hydrogens (tertiary/aromatic N) is 4. The number of nitrogens with one attached hydrogen (secondary N) is 1. The second-order valence-corrected chi connectivity index (χ2v) is 4.44. The number of anilines is 1. The summed E-state index contributed by atoms with van der Waals surface area (Å²) in [6, 6.07) is 0. The van der Waals surface area contributed by atoms with Gasteiger partial charge >= 0.3 is 0 Å². The second-order valence-electron chi connectivity index (χ2n) is 4.44. The standard InChI is InChI=1S/C14H21N5/c1-5-12-10(4)13(15-6-2)18-14(17-12)11-8-16-19(7-3)9-11/h8-9H,5-7H2,1-4H3,(H,15,17,18). The minimum Gasteiger partial charge on any atom is -0.370 e. The SMILES string of the molecule is CCNc1nc(-c2cnn(CC)c2)nc(CC)c1C. The number of rotatable bonds is 5. The molecule has 0 amide bonds. The quantitative estimate of drug-likeness (QED) is 0.897. The zero-order chi connectivity index (χ0) is 13.8. The summed E-state index contributed by atoms with van der Waals surface area (Å²) in [6.07, 6.45) is 4.71. The molecule has 2 aromatic heterocycles. The van der Waals surface area contributed by atoms with E-state index in [2.05, 4.69) is 48.1 Å². The summed E-state index contributed by atoms with van der Waals surface area (Å²) in [5, 5.41) is 7.58. The van der Waals surface area contributed by atoms with Gasteiger partial charge in [0.2, 0.25) is 0 Å². The molecule has 5 heteroatoms. The minimum absolute atomic E-state index is 0.748. The van der Waals surface area contributed by atoms with E-state index in [9.17, 15) is 0 Å². The molecule has 2 heterocycles. The monoisotopic (exact) mass is 259 g/mol. The average Bonchev–Trinajstić information content (AvgIpc) is 2.90. The van der Waals surface area contributed by atoms with Gasteiger partial charge in [-0.2, -0.15) is 5.10 Å². The largest absolute Gasteiger partial charge is 0.370 e. The zero-order valence-electron chi connectivity index (χ0n) is 12.1. The minimum atomic E-state index is 0.748. The Morgan fingerprint density at radius 2 is 2.00 bits per heavy atom. The molecule has 19 heavy (non-hydrogen) atoms. The third kappa shape index (κ3) is 2.75. The van der Waals surface area contributed by atoms with E-state index in [0.717, 1.165) is 48.0 Å². The van der Waals surface area contributed by atoms with E-state index in [0.29, 0.717) is 0 Å². The highest BCUT2D eigenvalue weighted by Gasteiger charge is 2.11. The van der Waals surface area contributed by atoms with Crippen LogP contribution in [-0.2, 0) is 13.0 Å². The molecule has 0 fully saturated rings. The van der Waals surface area contributed by atoms with Crippen LogP contribution < -0.4 is 5.32 Å². The van der Waals surface area contributed by atoms with Crippen LogP contribution in [0.15, 0.2) is 12.4 Å². The van der Waals surface area contributed by atoms with Gasteiger partial charge in [0.1, 0.15) is 5.82 Å². The Labute approximate surface area is 114 Å². The summed E-state index contributed by atoms with van der Waals surface area (Å²) >= 11 is 0. The molecule has 0 aliphatic heterocycles. The fourth-order valence-electron chi connectivity index (χ4n) is 2.03. The predicted octanol–water partition coefficient (Wildman–Crippen LogP) is 2.66. The lowest BCUT2D eigenvalue weighted by atomic mass is 10.2. The van der Waals surface area contributed by atoms with Crippen molar-refractivity contribution in [2.75, 3.05) is 11.9 Å². The molecule has 102 valence electrons. The van der Waals surface area contributed by atoms with Crippen LogP contribution in [0.25, 0.3) is 11.4 Å². The highest BCUT2D eigenvalue weighted by Crippen LogP contribution is 2.22. The Bertz CT molecular complexity index is 559. The molecule has 0 radical (unpaired) electrons. The lowest BCUT2D eigenvalue weighted by molar-refractivity contribution is 0.660. The molecule has 0 saturated heterocycles. The Morgan fingerprint density at radius 3 is 2.58 bits per heavy atom. The lowest BCUT2D eigenvalue weighted by Crippen LogP contribution is -2.07. The number of hydrogen-bond acceptors (Lipinski definition) is 4. The zero-order valence-corrected chi connectivity index (χ0v) is 12.1. The van der Waals surface area contributed by atoms with Crippen molar-refractivity contribution in [1.29, 1.82) is 0 Å². The molecule has 0 atom stereocenters. The van der Waals surface area contributed by atoms with Crippen LogP contribution in [0.1, 0.15) is 32.0 Å². The summed E-state index contributed by atoms with van der Waals surface area (Å²) in [6.45, 7) is 10.0.